The van der Waals surface area contributed by atoms with Crippen LogP contribution in [0.15, 0.2) is 0 Å². The molecule has 0 saturated carbocycles. The predicted molar refractivity (Wildman–Crippen MR) is 94.0 cm³/mol. The fourth-order valence-corrected chi connectivity index (χ4v) is 8.52. The molecule has 2 aliphatic rings. The molecule has 0 radical (unpaired) electrons. The van der Waals surface area contributed by atoms with Gasteiger partial charge in [-0.3, -0.25) is 9.40 Å². The third-order valence-electron chi connectivity index (χ3n) is 5.37. The van der Waals surface area contributed by atoms with E-state index in [1.54, 1.807) is 0 Å². The molecule has 2 fully saturated rings. The van der Waals surface area contributed by atoms with Gasteiger partial charge in [-0.05, 0) is 79.9 Å². The summed E-state index contributed by atoms with van der Waals surface area (Å²) in [5, 5.41) is 2.26. The summed E-state index contributed by atoms with van der Waals surface area (Å²) in [4.78, 5) is 6.02. The highest BCUT2D eigenvalue weighted by Crippen LogP contribution is 2.43. The fraction of sp³-hybridized carbons (Fsp3) is 1.00. The molecule has 0 aromatic heterocycles. The highest BCUT2D eigenvalue weighted by Gasteiger charge is 2.52. The van der Waals surface area contributed by atoms with Crippen LogP contribution in [0, 0.1) is 0 Å². The summed E-state index contributed by atoms with van der Waals surface area (Å²) in [6.45, 7) is 18.7. The molecule has 2 saturated heterocycles. The number of hydrogen-bond donors (Lipinski definition) is 0. The molecular formula is C17H36N2O2Si. The molecule has 2 aliphatic heterocycles. The summed E-state index contributed by atoms with van der Waals surface area (Å²) in [6.07, 6.45) is 3.62. The van der Waals surface area contributed by atoms with Gasteiger partial charge in [-0.15, -0.1) is 0 Å². The molecule has 2 heterocycles. The molecule has 1 unspecified atom stereocenters. The van der Waals surface area contributed by atoms with Crippen molar-refractivity contribution in [2.45, 2.75) is 90.5 Å². The van der Waals surface area contributed by atoms with E-state index in [1.807, 2.05) is 0 Å². The van der Waals surface area contributed by atoms with Crippen LogP contribution in [0.2, 0.25) is 12.6 Å². The predicted octanol–water partition coefficient (Wildman–Crippen LogP) is 3.77. The van der Waals surface area contributed by atoms with Crippen LogP contribution in [0.4, 0.5) is 0 Å². The Bertz CT molecular complexity index is 371. The Labute approximate surface area is 138 Å². The summed E-state index contributed by atoms with van der Waals surface area (Å²) < 4.78 is 9.05. The number of hydroxylamine groups is 2. The lowest BCUT2D eigenvalue weighted by molar-refractivity contribution is -0.284. The zero-order chi connectivity index (χ0) is 16.6. The van der Waals surface area contributed by atoms with E-state index in [4.69, 9.17) is 9.26 Å². The molecule has 5 heteroatoms. The summed E-state index contributed by atoms with van der Waals surface area (Å²) in [6, 6.07) is 1.90. The first-order valence-corrected chi connectivity index (χ1v) is 11.6. The lowest BCUT2D eigenvalue weighted by Crippen LogP contribution is -2.66. The molecule has 130 valence electrons. The van der Waals surface area contributed by atoms with E-state index in [0.29, 0.717) is 6.04 Å². The molecular weight excluding hydrogens is 292 g/mol. The zero-order valence-corrected chi connectivity index (χ0v) is 16.7. The van der Waals surface area contributed by atoms with Crippen molar-refractivity contribution in [3.05, 3.63) is 0 Å². The van der Waals surface area contributed by atoms with Gasteiger partial charge >= 0.3 is 0 Å². The maximum Gasteiger partial charge on any atom is 0.268 e. The van der Waals surface area contributed by atoms with Crippen LogP contribution in [0.1, 0.15) is 60.8 Å². The monoisotopic (exact) mass is 328 g/mol. The Morgan fingerprint density at radius 3 is 2.14 bits per heavy atom. The van der Waals surface area contributed by atoms with Crippen LogP contribution in [0.25, 0.3) is 0 Å². The Morgan fingerprint density at radius 1 is 1.05 bits per heavy atom. The van der Waals surface area contributed by atoms with Gasteiger partial charge in [0.2, 0.25) is 0 Å². The number of nitrogens with zero attached hydrogens (tertiary/aromatic N) is 2. The smallest absolute Gasteiger partial charge is 0.268 e. The highest BCUT2D eigenvalue weighted by atomic mass is 28.4. The van der Waals surface area contributed by atoms with Crippen LogP contribution in [-0.4, -0.2) is 55.0 Å². The average molecular weight is 329 g/mol. The number of hydrogen-bond acceptors (Lipinski definition) is 4. The van der Waals surface area contributed by atoms with Crippen LogP contribution >= 0.6 is 0 Å². The standard InChI is InChI=1S/C17H36N2O2Si/c1-8-20-19-16(3,4)13-15(14-17(19,5)6)18-11-10-12-22(18,7)21-9-2/h15H,8-14H2,1-7H3. The topological polar surface area (TPSA) is 24.9 Å². The minimum absolute atomic E-state index is 0.0620. The first-order chi connectivity index (χ1) is 10.2. The zero-order valence-electron chi connectivity index (χ0n) is 15.7. The molecule has 0 aromatic carbocycles. The Balaban J connectivity index is 2.20. The van der Waals surface area contributed by atoms with Crippen LogP contribution in [0.5, 0.6) is 0 Å². The Morgan fingerprint density at radius 2 is 1.64 bits per heavy atom. The van der Waals surface area contributed by atoms with Crippen molar-refractivity contribution in [2.24, 2.45) is 0 Å². The van der Waals surface area contributed by atoms with Crippen molar-refractivity contribution in [3.63, 3.8) is 0 Å². The first kappa shape index (κ1) is 18.4. The lowest BCUT2D eigenvalue weighted by Gasteiger charge is -2.56. The second kappa shape index (κ2) is 6.52. The van der Waals surface area contributed by atoms with E-state index >= 15 is 0 Å². The van der Waals surface area contributed by atoms with E-state index < -0.39 is 8.48 Å². The summed E-state index contributed by atoms with van der Waals surface area (Å²) >= 11 is 0. The highest BCUT2D eigenvalue weighted by molar-refractivity contribution is 6.70. The van der Waals surface area contributed by atoms with Gasteiger partial charge in [-0.25, -0.2) is 0 Å². The van der Waals surface area contributed by atoms with E-state index in [-0.39, 0.29) is 11.1 Å². The van der Waals surface area contributed by atoms with E-state index in [2.05, 4.69) is 57.7 Å². The maximum absolute atomic E-state index is 6.29. The van der Waals surface area contributed by atoms with Crippen molar-refractivity contribution in [3.8, 4) is 0 Å². The molecule has 0 bridgehead atoms. The minimum atomic E-state index is -1.69. The Hall–Kier alpha value is 0.0569. The van der Waals surface area contributed by atoms with Crippen molar-refractivity contribution in [1.29, 1.82) is 0 Å². The Kier molecular flexibility index (Phi) is 5.45. The molecule has 1 atom stereocenters. The van der Waals surface area contributed by atoms with Crippen molar-refractivity contribution in [2.75, 3.05) is 19.8 Å². The molecule has 0 spiro atoms. The maximum atomic E-state index is 6.29. The van der Waals surface area contributed by atoms with Gasteiger partial charge in [0, 0.05) is 23.7 Å². The number of rotatable bonds is 5. The van der Waals surface area contributed by atoms with Crippen molar-refractivity contribution >= 4 is 8.48 Å². The van der Waals surface area contributed by atoms with Gasteiger partial charge in [0.25, 0.3) is 8.48 Å². The molecule has 0 aliphatic carbocycles. The van der Waals surface area contributed by atoms with Crippen LogP contribution in [-0.2, 0) is 9.26 Å². The van der Waals surface area contributed by atoms with Crippen LogP contribution in [0.3, 0.4) is 0 Å². The summed E-state index contributed by atoms with van der Waals surface area (Å²) in [5.41, 5.74) is 0.124. The lowest BCUT2D eigenvalue weighted by atomic mass is 9.79. The molecule has 0 N–H and O–H groups in total. The molecule has 0 aromatic rings. The van der Waals surface area contributed by atoms with Gasteiger partial charge in [0.15, 0.2) is 0 Å². The van der Waals surface area contributed by atoms with Crippen molar-refractivity contribution < 1.29 is 9.26 Å². The van der Waals surface area contributed by atoms with Gasteiger partial charge in [-0.2, -0.15) is 5.06 Å². The minimum Gasteiger partial charge on any atom is -0.403 e. The quantitative estimate of drug-likeness (QED) is 0.717. The van der Waals surface area contributed by atoms with Gasteiger partial charge in [-0.1, -0.05) is 0 Å². The van der Waals surface area contributed by atoms with E-state index in [1.165, 1.54) is 19.0 Å². The fourth-order valence-electron chi connectivity index (χ4n) is 4.90. The normalized spacial score (nSPS) is 33.4. The molecule has 0 amide bonds. The van der Waals surface area contributed by atoms with E-state index in [0.717, 1.165) is 26.1 Å². The second-order valence-electron chi connectivity index (χ2n) is 8.30. The summed E-state index contributed by atoms with van der Waals surface area (Å²) in [7, 11) is -1.69. The second-order valence-corrected chi connectivity index (χ2v) is 12.0. The molecule has 22 heavy (non-hydrogen) atoms. The SMILES string of the molecule is CCON1C(C)(C)CC(N2CCC[Si]2(C)OCC)CC1(C)C. The number of piperidine rings is 1. The molecule has 4 nitrogen and oxygen atoms in total. The van der Waals surface area contributed by atoms with Crippen LogP contribution < -0.4 is 0 Å². The van der Waals surface area contributed by atoms with Gasteiger partial charge in [0.1, 0.15) is 0 Å². The van der Waals surface area contributed by atoms with Crippen molar-refractivity contribution in [1.82, 2.24) is 9.63 Å². The van der Waals surface area contributed by atoms with Gasteiger partial charge < -0.3 is 4.43 Å². The summed E-state index contributed by atoms with van der Waals surface area (Å²) in [5.74, 6) is 0. The van der Waals surface area contributed by atoms with Gasteiger partial charge in [0.05, 0.1) is 6.61 Å². The third-order valence-corrected chi connectivity index (χ3v) is 9.37. The van der Waals surface area contributed by atoms with E-state index in [9.17, 15) is 0 Å². The average Bonchev–Trinajstić information content (AvgIpc) is 2.75. The third kappa shape index (κ3) is 3.43. The largest absolute Gasteiger partial charge is 0.403 e. The first-order valence-electron chi connectivity index (χ1n) is 9.00. The molecule has 2 rings (SSSR count).